The highest BCUT2D eigenvalue weighted by atomic mass is 16.6. The molecular weight excluding hydrogens is 294 g/mol. The molecule has 0 aliphatic heterocycles. The Labute approximate surface area is 146 Å². The van der Waals surface area contributed by atoms with Crippen molar-refractivity contribution in [3.63, 3.8) is 0 Å². The van der Waals surface area contributed by atoms with Gasteiger partial charge in [-0.05, 0) is 61.8 Å². The Hall–Kier alpha value is -2.09. The van der Waals surface area contributed by atoms with Crippen molar-refractivity contribution in [2.75, 3.05) is 7.11 Å². The second-order valence-electron chi connectivity index (χ2n) is 7.11. The third-order valence-corrected chi connectivity index (χ3v) is 4.86. The third-order valence-electron chi connectivity index (χ3n) is 4.86. The van der Waals surface area contributed by atoms with Crippen LogP contribution in [-0.2, 0) is 10.3 Å². The van der Waals surface area contributed by atoms with Crippen molar-refractivity contribution in [3.05, 3.63) is 64.8 Å². The minimum Gasteiger partial charge on any atom is -0.399 e. The first-order chi connectivity index (χ1) is 11.4. The Morgan fingerprint density at radius 2 is 2.00 bits per heavy atom. The van der Waals surface area contributed by atoms with E-state index in [1.165, 1.54) is 27.8 Å². The molecule has 128 valence electrons. The average Bonchev–Trinajstić information content (AvgIpc) is 2.57. The fourth-order valence-electron chi connectivity index (χ4n) is 3.06. The Morgan fingerprint density at radius 3 is 2.67 bits per heavy atom. The van der Waals surface area contributed by atoms with Crippen molar-refractivity contribution in [2.45, 2.75) is 52.9 Å². The molecule has 2 heteroatoms. The molecule has 1 aromatic rings. The lowest BCUT2D eigenvalue weighted by atomic mass is 9.71. The van der Waals surface area contributed by atoms with Gasteiger partial charge in [0, 0.05) is 5.56 Å². The molecule has 2 rings (SSSR count). The second kappa shape index (κ2) is 7.65. The van der Waals surface area contributed by atoms with Crippen molar-refractivity contribution >= 4 is 11.3 Å². The van der Waals surface area contributed by atoms with E-state index in [1.54, 1.807) is 7.11 Å². The summed E-state index contributed by atoms with van der Waals surface area (Å²) in [5.74, 6) is 0. The van der Waals surface area contributed by atoms with Gasteiger partial charge in [0.15, 0.2) is 0 Å². The molecule has 0 amide bonds. The van der Waals surface area contributed by atoms with Crippen LogP contribution in [0.1, 0.15) is 64.2 Å². The summed E-state index contributed by atoms with van der Waals surface area (Å²) in [6, 6.07) is 6.74. The van der Waals surface area contributed by atoms with E-state index < -0.39 is 0 Å². The van der Waals surface area contributed by atoms with Gasteiger partial charge in [0.2, 0.25) is 0 Å². The maximum atomic E-state index is 5.07. The average molecular weight is 323 g/mol. The number of benzene rings is 1. The first kappa shape index (κ1) is 18.3. The summed E-state index contributed by atoms with van der Waals surface area (Å²) >= 11 is 0. The van der Waals surface area contributed by atoms with E-state index in [1.807, 2.05) is 0 Å². The van der Waals surface area contributed by atoms with Crippen molar-refractivity contribution in [1.29, 1.82) is 0 Å². The summed E-state index contributed by atoms with van der Waals surface area (Å²) in [6.45, 7) is 10.9. The summed E-state index contributed by atoms with van der Waals surface area (Å²) in [6.07, 6.45) is 10.6. The number of hydrogen-bond acceptors (Lipinski definition) is 2. The fourth-order valence-corrected chi connectivity index (χ4v) is 3.06. The van der Waals surface area contributed by atoms with Crippen LogP contribution in [0.4, 0.5) is 0 Å². The topological polar surface area (TPSA) is 21.6 Å². The van der Waals surface area contributed by atoms with Crippen LogP contribution in [0.25, 0.3) is 5.57 Å². The Morgan fingerprint density at radius 1 is 1.25 bits per heavy atom. The number of hydrogen-bond donors (Lipinski definition) is 0. The van der Waals surface area contributed by atoms with Crippen molar-refractivity contribution in [3.8, 4) is 0 Å². The van der Waals surface area contributed by atoms with E-state index in [9.17, 15) is 0 Å². The lowest BCUT2D eigenvalue weighted by Gasteiger charge is -2.33. The molecular formula is C22H29NO. The summed E-state index contributed by atoms with van der Waals surface area (Å²) in [5.41, 5.74) is 7.58. The molecule has 0 bridgehead atoms. The van der Waals surface area contributed by atoms with Gasteiger partial charge >= 0.3 is 0 Å². The lowest BCUT2D eigenvalue weighted by molar-refractivity contribution is 0.212. The first-order valence-corrected chi connectivity index (χ1v) is 8.62. The fraction of sp³-hybridized carbons (Fsp3) is 0.409. The van der Waals surface area contributed by atoms with Gasteiger partial charge in [-0.15, -0.1) is 0 Å². The van der Waals surface area contributed by atoms with Crippen LogP contribution in [0.5, 0.6) is 0 Å². The molecule has 0 N–H and O–H groups in total. The zero-order valence-electron chi connectivity index (χ0n) is 15.8. The molecule has 1 aliphatic rings. The molecule has 0 spiro atoms. The highest BCUT2D eigenvalue weighted by Gasteiger charge is 2.31. The van der Waals surface area contributed by atoms with Gasteiger partial charge < -0.3 is 4.84 Å². The van der Waals surface area contributed by atoms with Gasteiger partial charge in [0.25, 0.3) is 0 Å². The van der Waals surface area contributed by atoms with Gasteiger partial charge in [-0.2, -0.15) is 0 Å². The van der Waals surface area contributed by atoms with E-state index in [0.717, 1.165) is 18.6 Å². The van der Waals surface area contributed by atoms with E-state index in [-0.39, 0.29) is 5.41 Å². The highest BCUT2D eigenvalue weighted by molar-refractivity contribution is 6.03. The minimum atomic E-state index is 0.182. The van der Waals surface area contributed by atoms with E-state index >= 15 is 0 Å². The number of fused-ring (bicyclic) bond motifs is 1. The van der Waals surface area contributed by atoms with Crippen LogP contribution in [0, 0.1) is 0 Å². The third kappa shape index (κ3) is 4.05. The molecule has 0 fully saturated rings. The molecule has 0 heterocycles. The predicted octanol–water partition coefficient (Wildman–Crippen LogP) is 6.03. The SMILES string of the molecule is C/C=C(C)/C=C/C=C(\C)c1ccc2c(c1)/C(=N/OC)CCC2(C)C. The van der Waals surface area contributed by atoms with Crippen LogP contribution in [0.15, 0.2) is 53.2 Å². The number of allylic oxidation sites excluding steroid dienone is 6. The molecule has 0 saturated carbocycles. The molecule has 1 aromatic carbocycles. The van der Waals surface area contributed by atoms with Crippen molar-refractivity contribution in [1.82, 2.24) is 0 Å². The second-order valence-corrected chi connectivity index (χ2v) is 7.11. The quantitative estimate of drug-likeness (QED) is 0.489. The van der Waals surface area contributed by atoms with Crippen LogP contribution in [0.3, 0.4) is 0 Å². The van der Waals surface area contributed by atoms with Crippen LogP contribution in [-0.4, -0.2) is 12.8 Å². The van der Waals surface area contributed by atoms with Gasteiger partial charge in [-0.1, -0.05) is 61.0 Å². The summed E-state index contributed by atoms with van der Waals surface area (Å²) < 4.78 is 0. The largest absolute Gasteiger partial charge is 0.399 e. The van der Waals surface area contributed by atoms with Gasteiger partial charge in [0.05, 0.1) is 5.71 Å². The van der Waals surface area contributed by atoms with Gasteiger partial charge in [-0.25, -0.2) is 0 Å². The highest BCUT2D eigenvalue weighted by Crippen LogP contribution is 2.38. The van der Waals surface area contributed by atoms with Crippen molar-refractivity contribution in [2.24, 2.45) is 5.16 Å². The Bertz CT molecular complexity index is 717. The molecule has 0 aromatic heterocycles. The van der Waals surface area contributed by atoms with E-state index in [4.69, 9.17) is 4.84 Å². The smallest absolute Gasteiger partial charge is 0.106 e. The first-order valence-electron chi connectivity index (χ1n) is 8.62. The van der Waals surface area contributed by atoms with Crippen LogP contribution < -0.4 is 0 Å². The minimum absolute atomic E-state index is 0.182. The lowest BCUT2D eigenvalue weighted by Crippen LogP contribution is -2.27. The number of nitrogens with zero attached hydrogens (tertiary/aromatic N) is 1. The van der Waals surface area contributed by atoms with Crippen LogP contribution in [0.2, 0.25) is 0 Å². The van der Waals surface area contributed by atoms with E-state index in [0.29, 0.717) is 0 Å². The maximum Gasteiger partial charge on any atom is 0.106 e. The van der Waals surface area contributed by atoms with Gasteiger partial charge in [-0.3, -0.25) is 0 Å². The number of oxime groups is 1. The maximum absolute atomic E-state index is 5.07. The predicted molar refractivity (Wildman–Crippen MR) is 104 cm³/mol. The number of rotatable bonds is 4. The molecule has 1 aliphatic carbocycles. The molecule has 0 unspecified atom stereocenters. The Balaban J connectivity index is 2.42. The van der Waals surface area contributed by atoms with E-state index in [2.05, 4.69) is 82.3 Å². The monoisotopic (exact) mass is 323 g/mol. The van der Waals surface area contributed by atoms with Gasteiger partial charge in [0.1, 0.15) is 7.11 Å². The van der Waals surface area contributed by atoms with Crippen molar-refractivity contribution < 1.29 is 4.84 Å². The molecule has 2 nitrogen and oxygen atoms in total. The summed E-state index contributed by atoms with van der Waals surface area (Å²) in [5, 5.41) is 4.26. The molecule has 0 atom stereocenters. The summed E-state index contributed by atoms with van der Waals surface area (Å²) in [4.78, 5) is 5.07. The molecule has 24 heavy (non-hydrogen) atoms. The molecule has 0 radical (unpaired) electrons. The Kier molecular flexibility index (Phi) is 5.82. The zero-order chi connectivity index (χ0) is 17.7. The normalized spacial score (nSPS) is 19.7. The van der Waals surface area contributed by atoms with Crippen LogP contribution >= 0.6 is 0 Å². The molecule has 0 saturated heterocycles. The zero-order valence-corrected chi connectivity index (χ0v) is 15.8. The summed E-state index contributed by atoms with van der Waals surface area (Å²) in [7, 11) is 1.62. The standard InChI is InChI=1S/C22H29NO/c1-7-16(2)9-8-10-17(3)18-11-12-20-19(15-18)21(23-24-6)13-14-22(20,4)5/h7-12,15H,13-14H2,1-6H3/b9-8+,16-7+,17-10+,23-21+.